The molecule has 84 valence electrons. The standard InChI is InChI=1S/C12H13NO2S/c1-7-5-3-4-6-9(7)10-11(12(14)15)16-8(2)13-10/h3-6,12,14-15H,1-2H3. The fourth-order valence-electron chi connectivity index (χ4n) is 1.65. The Morgan fingerprint density at radius 1 is 1.19 bits per heavy atom. The van der Waals surface area contributed by atoms with Gasteiger partial charge in [0.15, 0.2) is 6.29 Å². The highest BCUT2D eigenvalue weighted by Gasteiger charge is 2.17. The molecule has 4 heteroatoms. The third-order valence-electron chi connectivity index (χ3n) is 2.40. The normalized spacial score (nSPS) is 11.1. The van der Waals surface area contributed by atoms with Crippen LogP contribution in [0.1, 0.15) is 21.7 Å². The molecule has 2 aromatic rings. The van der Waals surface area contributed by atoms with E-state index < -0.39 is 6.29 Å². The molecule has 0 spiro atoms. The Labute approximate surface area is 98.0 Å². The van der Waals surface area contributed by atoms with Crippen molar-refractivity contribution >= 4 is 11.3 Å². The number of aryl methyl sites for hydroxylation is 2. The molecule has 0 bridgehead atoms. The predicted molar refractivity (Wildman–Crippen MR) is 64.2 cm³/mol. The summed E-state index contributed by atoms with van der Waals surface area (Å²) in [5.41, 5.74) is 2.71. The smallest absolute Gasteiger partial charge is 0.190 e. The Morgan fingerprint density at radius 3 is 2.50 bits per heavy atom. The van der Waals surface area contributed by atoms with Crippen molar-refractivity contribution in [3.05, 3.63) is 39.7 Å². The summed E-state index contributed by atoms with van der Waals surface area (Å²) in [5, 5.41) is 19.4. The maximum absolute atomic E-state index is 9.30. The lowest BCUT2D eigenvalue weighted by Gasteiger charge is -2.06. The van der Waals surface area contributed by atoms with Crippen LogP contribution in [0.5, 0.6) is 0 Å². The van der Waals surface area contributed by atoms with Crippen molar-refractivity contribution in [3.63, 3.8) is 0 Å². The summed E-state index contributed by atoms with van der Waals surface area (Å²) in [5.74, 6) is 0. The molecule has 0 unspecified atom stereocenters. The van der Waals surface area contributed by atoms with Crippen molar-refractivity contribution in [2.24, 2.45) is 0 Å². The average molecular weight is 235 g/mol. The number of benzene rings is 1. The van der Waals surface area contributed by atoms with Crippen LogP contribution in [0.2, 0.25) is 0 Å². The van der Waals surface area contributed by atoms with Crippen molar-refractivity contribution in [2.45, 2.75) is 20.1 Å². The van der Waals surface area contributed by atoms with Gasteiger partial charge in [-0.15, -0.1) is 11.3 Å². The van der Waals surface area contributed by atoms with Gasteiger partial charge in [-0.2, -0.15) is 0 Å². The highest BCUT2D eigenvalue weighted by atomic mass is 32.1. The van der Waals surface area contributed by atoms with E-state index in [-0.39, 0.29) is 0 Å². The molecule has 0 radical (unpaired) electrons. The molecule has 0 saturated heterocycles. The minimum Gasteiger partial charge on any atom is -0.364 e. The Bertz CT molecular complexity index is 505. The summed E-state index contributed by atoms with van der Waals surface area (Å²) in [4.78, 5) is 4.87. The molecule has 1 aromatic carbocycles. The highest BCUT2D eigenvalue weighted by Crippen LogP contribution is 2.33. The first-order valence-electron chi connectivity index (χ1n) is 4.99. The zero-order chi connectivity index (χ0) is 11.7. The first kappa shape index (κ1) is 11.3. The van der Waals surface area contributed by atoms with Crippen LogP contribution in [0.4, 0.5) is 0 Å². The fourth-order valence-corrected chi connectivity index (χ4v) is 2.46. The van der Waals surface area contributed by atoms with E-state index in [0.717, 1.165) is 16.1 Å². The van der Waals surface area contributed by atoms with Gasteiger partial charge in [-0.05, 0) is 19.4 Å². The number of aliphatic hydroxyl groups excluding tert-OH is 1. The molecule has 0 aliphatic carbocycles. The molecular formula is C12H13NO2S. The third-order valence-corrected chi connectivity index (χ3v) is 3.41. The van der Waals surface area contributed by atoms with Gasteiger partial charge in [-0.1, -0.05) is 24.3 Å². The first-order chi connectivity index (χ1) is 7.59. The van der Waals surface area contributed by atoms with Gasteiger partial charge in [0.2, 0.25) is 0 Å². The van der Waals surface area contributed by atoms with Gasteiger partial charge in [-0.25, -0.2) is 4.98 Å². The number of nitrogens with zero attached hydrogens (tertiary/aromatic N) is 1. The third kappa shape index (κ3) is 2.00. The van der Waals surface area contributed by atoms with Gasteiger partial charge in [0.25, 0.3) is 0 Å². The second-order valence-corrected chi connectivity index (χ2v) is 4.87. The number of aliphatic hydroxyl groups is 2. The van der Waals surface area contributed by atoms with E-state index in [0.29, 0.717) is 10.6 Å². The van der Waals surface area contributed by atoms with Crippen LogP contribution in [-0.2, 0) is 0 Å². The molecule has 0 amide bonds. The molecule has 1 aromatic heterocycles. The summed E-state index contributed by atoms with van der Waals surface area (Å²) in [6.45, 7) is 3.84. The molecule has 0 aliphatic rings. The molecule has 16 heavy (non-hydrogen) atoms. The van der Waals surface area contributed by atoms with Crippen LogP contribution in [0.15, 0.2) is 24.3 Å². The SMILES string of the molecule is Cc1nc(-c2ccccc2C)c(C(O)O)s1. The Kier molecular flexibility index (Phi) is 3.05. The van der Waals surface area contributed by atoms with Crippen LogP contribution in [0.25, 0.3) is 11.3 Å². The van der Waals surface area contributed by atoms with E-state index >= 15 is 0 Å². The minimum absolute atomic E-state index is 0.506. The molecule has 2 rings (SSSR count). The van der Waals surface area contributed by atoms with Crippen molar-refractivity contribution in [3.8, 4) is 11.3 Å². The van der Waals surface area contributed by atoms with E-state index in [4.69, 9.17) is 0 Å². The topological polar surface area (TPSA) is 53.4 Å². The van der Waals surface area contributed by atoms with Gasteiger partial charge in [-0.3, -0.25) is 0 Å². The van der Waals surface area contributed by atoms with Gasteiger partial charge in [0.05, 0.1) is 15.6 Å². The number of thiazole rings is 1. The number of rotatable bonds is 2. The molecule has 0 atom stereocenters. The van der Waals surface area contributed by atoms with Crippen molar-refractivity contribution < 1.29 is 10.2 Å². The summed E-state index contributed by atoms with van der Waals surface area (Å²) in [6, 6.07) is 7.80. The largest absolute Gasteiger partial charge is 0.364 e. The Hall–Kier alpha value is -1.23. The summed E-state index contributed by atoms with van der Waals surface area (Å²) >= 11 is 1.31. The molecule has 0 saturated carbocycles. The van der Waals surface area contributed by atoms with E-state index in [1.54, 1.807) is 0 Å². The van der Waals surface area contributed by atoms with E-state index in [1.807, 2.05) is 38.1 Å². The van der Waals surface area contributed by atoms with Crippen LogP contribution >= 0.6 is 11.3 Å². The van der Waals surface area contributed by atoms with Gasteiger partial charge in [0, 0.05) is 5.56 Å². The lowest BCUT2D eigenvalue weighted by atomic mass is 10.1. The van der Waals surface area contributed by atoms with Crippen LogP contribution in [-0.4, -0.2) is 15.2 Å². The molecular weight excluding hydrogens is 222 g/mol. The molecule has 2 N–H and O–H groups in total. The average Bonchev–Trinajstić information content (AvgIpc) is 2.61. The van der Waals surface area contributed by atoms with Crippen molar-refractivity contribution in [2.75, 3.05) is 0 Å². The van der Waals surface area contributed by atoms with Crippen molar-refractivity contribution in [1.82, 2.24) is 4.98 Å². The lowest BCUT2D eigenvalue weighted by Crippen LogP contribution is -1.95. The molecule has 3 nitrogen and oxygen atoms in total. The number of hydrogen-bond donors (Lipinski definition) is 2. The second kappa shape index (κ2) is 4.33. The fraction of sp³-hybridized carbons (Fsp3) is 0.250. The second-order valence-electron chi connectivity index (χ2n) is 3.63. The van der Waals surface area contributed by atoms with Crippen LogP contribution in [0, 0.1) is 13.8 Å². The Balaban J connectivity index is 2.60. The van der Waals surface area contributed by atoms with Gasteiger partial charge >= 0.3 is 0 Å². The predicted octanol–water partition coefficient (Wildman–Crippen LogP) is 2.41. The summed E-state index contributed by atoms with van der Waals surface area (Å²) < 4.78 is 0. The highest BCUT2D eigenvalue weighted by molar-refractivity contribution is 7.12. The number of aromatic nitrogens is 1. The quantitative estimate of drug-likeness (QED) is 0.786. The maximum atomic E-state index is 9.30. The number of hydrogen-bond acceptors (Lipinski definition) is 4. The first-order valence-corrected chi connectivity index (χ1v) is 5.80. The van der Waals surface area contributed by atoms with E-state index in [2.05, 4.69) is 4.98 Å². The van der Waals surface area contributed by atoms with Crippen molar-refractivity contribution in [1.29, 1.82) is 0 Å². The van der Waals surface area contributed by atoms with E-state index in [9.17, 15) is 10.2 Å². The summed E-state index contributed by atoms with van der Waals surface area (Å²) in [6.07, 6.45) is -1.46. The lowest BCUT2D eigenvalue weighted by molar-refractivity contribution is -0.0392. The molecule has 0 aliphatic heterocycles. The van der Waals surface area contributed by atoms with Crippen LogP contribution in [0.3, 0.4) is 0 Å². The monoisotopic (exact) mass is 235 g/mol. The summed E-state index contributed by atoms with van der Waals surface area (Å²) in [7, 11) is 0. The molecule has 1 heterocycles. The maximum Gasteiger partial charge on any atom is 0.190 e. The zero-order valence-electron chi connectivity index (χ0n) is 9.14. The van der Waals surface area contributed by atoms with Crippen LogP contribution < -0.4 is 0 Å². The van der Waals surface area contributed by atoms with Gasteiger partial charge in [0.1, 0.15) is 0 Å². The Morgan fingerprint density at radius 2 is 1.88 bits per heavy atom. The minimum atomic E-state index is -1.46. The van der Waals surface area contributed by atoms with Gasteiger partial charge < -0.3 is 10.2 Å². The molecule has 0 fully saturated rings. The van der Waals surface area contributed by atoms with E-state index in [1.165, 1.54) is 11.3 Å². The zero-order valence-corrected chi connectivity index (χ0v) is 9.95.